The molecular weight excluding hydrogens is 240 g/mol. The van der Waals surface area contributed by atoms with Gasteiger partial charge in [-0.2, -0.15) is 0 Å². The van der Waals surface area contributed by atoms with Crippen molar-refractivity contribution in [3.05, 3.63) is 107 Å². The molecule has 0 radical (unpaired) electrons. The first-order valence-electron chi connectivity index (χ1n) is 7.01. The lowest BCUT2D eigenvalue weighted by Gasteiger charge is -2.19. The SMILES string of the molecule is Cc1cccc(C(c2ccccc2)c2ccccc2)c1. The average Bonchev–Trinajstić information content (AvgIpc) is 2.50. The maximum absolute atomic E-state index is 2.28. The van der Waals surface area contributed by atoms with E-state index in [0.717, 1.165) is 0 Å². The van der Waals surface area contributed by atoms with Crippen molar-refractivity contribution in [1.29, 1.82) is 0 Å². The molecule has 0 unspecified atom stereocenters. The summed E-state index contributed by atoms with van der Waals surface area (Å²) in [5, 5.41) is 0. The predicted molar refractivity (Wildman–Crippen MR) is 85.0 cm³/mol. The zero-order valence-electron chi connectivity index (χ0n) is 11.7. The van der Waals surface area contributed by atoms with Gasteiger partial charge in [-0.3, -0.25) is 0 Å². The van der Waals surface area contributed by atoms with Crippen LogP contribution in [0.15, 0.2) is 84.9 Å². The van der Waals surface area contributed by atoms with Crippen molar-refractivity contribution in [1.82, 2.24) is 0 Å². The van der Waals surface area contributed by atoms with Crippen LogP contribution in [0.5, 0.6) is 0 Å². The summed E-state index contributed by atoms with van der Waals surface area (Å²) in [7, 11) is 0. The summed E-state index contributed by atoms with van der Waals surface area (Å²) in [4.78, 5) is 0. The van der Waals surface area contributed by atoms with Crippen LogP contribution >= 0.6 is 0 Å². The van der Waals surface area contributed by atoms with Crippen molar-refractivity contribution in [3.63, 3.8) is 0 Å². The Bertz CT molecular complexity index is 629. The molecule has 3 aromatic carbocycles. The van der Waals surface area contributed by atoms with E-state index in [0.29, 0.717) is 5.92 Å². The molecule has 0 fully saturated rings. The van der Waals surface area contributed by atoms with Crippen LogP contribution in [-0.4, -0.2) is 0 Å². The quantitative estimate of drug-likeness (QED) is 0.568. The maximum atomic E-state index is 2.28. The Morgan fingerprint density at radius 3 is 1.55 bits per heavy atom. The van der Waals surface area contributed by atoms with Gasteiger partial charge < -0.3 is 0 Å². The van der Waals surface area contributed by atoms with E-state index in [9.17, 15) is 0 Å². The summed E-state index contributed by atoms with van der Waals surface area (Å²) in [5.41, 5.74) is 5.33. The second kappa shape index (κ2) is 5.75. The summed E-state index contributed by atoms with van der Waals surface area (Å²) >= 11 is 0. The zero-order valence-corrected chi connectivity index (χ0v) is 11.7. The maximum Gasteiger partial charge on any atom is 0.0340 e. The highest BCUT2D eigenvalue weighted by Crippen LogP contribution is 2.31. The van der Waals surface area contributed by atoms with Crippen LogP contribution in [0.1, 0.15) is 28.2 Å². The summed E-state index contributed by atoms with van der Waals surface area (Å²) in [6.45, 7) is 2.15. The number of rotatable bonds is 3. The molecule has 0 saturated carbocycles. The van der Waals surface area contributed by atoms with Crippen molar-refractivity contribution in [2.75, 3.05) is 0 Å². The number of benzene rings is 3. The molecule has 0 amide bonds. The van der Waals surface area contributed by atoms with E-state index in [1.165, 1.54) is 22.3 Å². The van der Waals surface area contributed by atoms with Crippen molar-refractivity contribution < 1.29 is 0 Å². The lowest BCUT2D eigenvalue weighted by molar-refractivity contribution is 0.974. The summed E-state index contributed by atoms with van der Waals surface area (Å²) in [5.74, 6) is 0.303. The van der Waals surface area contributed by atoms with E-state index in [4.69, 9.17) is 0 Å². The lowest BCUT2D eigenvalue weighted by Crippen LogP contribution is -2.03. The zero-order chi connectivity index (χ0) is 13.8. The molecule has 0 atom stereocenters. The highest BCUT2D eigenvalue weighted by atomic mass is 14.2. The molecule has 0 aliphatic rings. The largest absolute Gasteiger partial charge is 0.0622 e. The molecule has 3 aromatic rings. The molecule has 0 aliphatic carbocycles. The minimum Gasteiger partial charge on any atom is -0.0622 e. The van der Waals surface area contributed by atoms with Crippen molar-refractivity contribution in [2.24, 2.45) is 0 Å². The Morgan fingerprint density at radius 2 is 1.05 bits per heavy atom. The van der Waals surface area contributed by atoms with E-state index < -0.39 is 0 Å². The van der Waals surface area contributed by atoms with Crippen LogP contribution in [0, 0.1) is 6.92 Å². The topological polar surface area (TPSA) is 0 Å². The van der Waals surface area contributed by atoms with Gasteiger partial charge in [-0.05, 0) is 23.6 Å². The minimum absolute atomic E-state index is 0.303. The third kappa shape index (κ3) is 2.65. The van der Waals surface area contributed by atoms with Gasteiger partial charge in [0.1, 0.15) is 0 Å². The number of hydrogen-bond donors (Lipinski definition) is 0. The van der Waals surface area contributed by atoms with Gasteiger partial charge in [0.05, 0.1) is 0 Å². The van der Waals surface area contributed by atoms with Crippen LogP contribution in [0.25, 0.3) is 0 Å². The monoisotopic (exact) mass is 258 g/mol. The first-order valence-corrected chi connectivity index (χ1v) is 7.01. The molecule has 20 heavy (non-hydrogen) atoms. The van der Waals surface area contributed by atoms with E-state index in [1.807, 2.05) is 0 Å². The third-order valence-electron chi connectivity index (χ3n) is 3.64. The molecule has 0 heteroatoms. The highest BCUT2D eigenvalue weighted by molar-refractivity contribution is 5.43. The Balaban J connectivity index is 2.14. The van der Waals surface area contributed by atoms with Gasteiger partial charge in [0, 0.05) is 5.92 Å². The molecular formula is C20H18. The van der Waals surface area contributed by atoms with Crippen LogP contribution in [-0.2, 0) is 0 Å². The molecule has 0 nitrogen and oxygen atoms in total. The Morgan fingerprint density at radius 1 is 0.550 bits per heavy atom. The Hall–Kier alpha value is -2.34. The fourth-order valence-corrected chi connectivity index (χ4v) is 2.72. The van der Waals surface area contributed by atoms with Gasteiger partial charge in [0.25, 0.3) is 0 Å². The fraction of sp³-hybridized carbons (Fsp3) is 0.100. The standard InChI is InChI=1S/C20H18/c1-16-9-8-14-19(15-16)20(17-10-4-2-5-11-17)18-12-6-3-7-13-18/h2-15,20H,1H3. The van der Waals surface area contributed by atoms with Crippen molar-refractivity contribution in [2.45, 2.75) is 12.8 Å². The smallest absolute Gasteiger partial charge is 0.0340 e. The highest BCUT2D eigenvalue weighted by Gasteiger charge is 2.15. The molecule has 0 heterocycles. The normalized spacial score (nSPS) is 10.7. The van der Waals surface area contributed by atoms with Crippen LogP contribution in [0.3, 0.4) is 0 Å². The fourth-order valence-electron chi connectivity index (χ4n) is 2.72. The summed E-state index contributed by atoms with van der Waals surface area (Å²) in [6, 6.07) is 30.2. The first kappa shape index (κ1) is 12.7. The molecule has 0 aromatic heterocycles. The van der Waals surface area contributed by atoms with Gasteiger partial charge in [-0.25, -0.2) is 0 Å². The first-order chi connectivity index (χ1) is 9.84. The summed E-state index contributed by atoms with van der Waals surface area (Å²) in [6.07, 6.45) is 0. The number of aryl methyl sites for hydroxylation is 1. The molecule has 0 bridgehead atoms. The van der Waals surface area contributed by atoms with E-state index in [2.05, 4.69) is 91.9 Å². The lowest BCUT2D eigenvalue weighted by atomic mass is 9.85. The average molecular weight is 258 g/mol. The van der Waals surface area contributed by atoms with E-state index >= 15 is 0 Å². The number of hydrogen-bond acceptors (Lipinski definition) is 0. The van der Waals surface area contributed by atoms with Gasteiger partial charge >= 0.3 is 0 Å². The van der Waals surface area contributed by atoms with Crippen molar-refractivity contribution >= 4 is 0 Å². The Kier molecular flexibility index (Phi) is 3.64. The molecule has 0 spiro atoms. The molecule has 0 N–H and O–H groups in total. The van der Waals surface area contributed by atoms with E-state index in [-0.39, 0.29) is 0 Å². The Labute approximate surface area is 120 Å². The second-order valence-electron chi connectivity index (χ2n) is 5.17. The molecule has 3 rings (SSSR count). The van der Waals surface area contributed by atoms with Crippen LogP contribution in [0.2, 0.25) is 0 Å². The van der Waals surface area contributed by atoms with Gasteiger partial charge in [0.15, 0.2) is 0 Å². The minimum atomic E-state index is 0.303. The third-order valence-corrected chi connectivity index (χ3v) is 3.64. The van der Waals surface area contributed by atoms with E-state index in [1.54, 1.807) is 0 Å². The predicted octanol–water partition coefficient (Wildman–Crippen LogP) is 5.18. The van der Waals surface area contributed by atoms with Crippen LogP contribution in [0.4, 0.5) is 0 Å². The molecule has 0 aliphatic heterocycles. The van der Waals surface area contributed by atoms with Gasteiger partial charge in [-0.15, -0.1) is 0 Å². The molecule has 98 valence electrons. The van der Waals surface area contributed by atoms with Gasteiger partial charge in [0.2, 0.25) is 0 Å². The molecule has 0 saturated heterocycles. The summed E-state index contributed by atoms with van der Waals surface area (Å²) < 4.78 is 0. The second-order valence-corrected chi connectivity index (χ2v) is 5.17. The van der Waals surface area contributed by atoms with Crippen LogP contribution < -0.4 is 0 Å². The van der Waals surface area contributed by atoms with Crippen molar-refractivity contribution in [3.8, 4) is 0 Å². The van der Waals surface area contributed by atoms with Gasteiger partial charge in [-0.1, -0.05) is 90.5 Å².